The summed E-state index contributed by atoms with van der Waals surface area (Å²) in [6.45, 7) is 0. The van der Waals surface area contributed by atoms with E-state index in [-0.39, 0.29) is 11.6 Å². The van der Waals surface area contributed by atoms with Gasteiger partial charge < -0.3 is 14.3 Å². The Morgan fingerprint density at radius 1 is 1.53 bits per heavy atom. The highest BCUT2D eigenvalue weighted by Gasteiger charge is 2.15. The second-order valence-electron chi connectivity index (χ2n) is 3.19. The minimum atomic E-state index is -1.13. The number of aromatic nitrogens is 1. The van der Waals surface area contributed by atoms with E-state index >= 15 is 0 Å². The number of halogens is 1. The van der Waals surface area contributed by atoms with Crippen LogP contribution in [-0.4, -0.2) is 23.2 Å². The van der Waals surface area contributed by atoms with Crippen LogP contribution in [0.25, 0.3) is 11.5 Å². The smallest absolute Gasteiger partial charge is 0.357 e. The Morgan fingerprint density at radius 3 is 2.88 bits per heavy atom. The third kappa shape index (κ3) is 2.31. The van der Waals surface area contributed by atoms with E-state index in [1.54, 1.807) is 18.2 Å². The number of carboxylic acids is 1. The average molecular weight is 298 g/mol. The average Bonchev–Trinajstić information content (AvgIpc) is 2.78. The summed E-state index contributed by atoms with van der Waals surface area (Å²) in [6.07, 6.45) is 1.10. The first-order valence-electron chi connectivity index (χ1n) is 4.64. The van der Waals surface area contributed by atoms with Crippen LogP contribution in [-0.2, 0) is 0 Å². The zero-order chi connectivity index (χ0) is 12.4. The normalized spacial score (nSPS) is 10.2. The van der Waals surface area contributed by atoms with E-state index in [0.717, 1.165) is 10.7 Å². The first kappa shape index (κ1) is 11.7. The monoisotopic (exact) mass is 297 g/mol. The van der Waals surface area contributed by atoms with Crippen LogP contribution in [0.1, 0.15) is 10.5 Å². The fourth-order valence-corrected chi connectivity index (χ4v) is 1.68. The van der Waals surface area contributed by atoms with Crippen LogP contribution >= 0.6 is 15.9 Å². The molecule has 0 aliphatic heterocycles. The Balaban J connectivity index is 2.48. The van der Waals surface area contributed by atoms with Gasteiger partial charge in [-0.05, 0) is 18.2 Å². The van der Waals surface area contributed by atoms with Crippen molar-refractivity contribution in [1.29, 1.82) is 0 Å². The molecule has 2 rings (SSSR count). The zero-order valence-electron chi connectivity index (χ0n) is 8.81. The number of carbonyl (C=O) groups is 1. The van der Waals surface area contributed by atoms with Gasteiger partial charge in [0.15, 0.2) is 5.69 Å². The molecule has 5 nitrogen and oxygen atoms in total. The van der Waals surface area contributed by atoms with Gasteiger partial charge in [0.2, 0.25) is 5.89 Å². The minimum Gasteiger partial charge on any atom is -0.496 e. The molecule has 6 heteroatoms. The lowest BCUT2D eigenvalue weighted by atomic mass is 10.2. The SMILES string of the molecule is COc1cc(Br)ccc1-c1nc(C(=O)O)co1. The largest absolute Gasteiger partial charge is 0.496 e. The molecule has 0 atom stereocenters. The third-order valence-electron chi connectivity index (χ3n) is 2.12. The molecule has 0 saturated carbocycles. The Bertz CT molecular complexity index is 564. The molecular formula is C11H8BrNO4. The molecule has 2 aromatic rings. The fraction of sp³-hybridized carbons (Fsp3) is 0.0909. The van der Waals surface area contributed by atoms with Gasteiger partial charge in [-0.25, -0.2) is 9.78 Å². The molecule has 0 aliphatic carbocycles. The van der Waals surface area contributed by atoms with Gasteiger partial charge >= 0.3 is 5.97 Å². The van der Waals surface area contributed by atoms with E-state index in [2.05, 4.69) is 20.9 Å². The lowest BCUT2D eigenvalue weighted by Gasteiger charge is -2.05. The molecule has 0 unspecified atom stereocenters. The van der Waals surface area contributed by atoms with Crippen LogP contribution in [0.4, 0.5) is 0 Å². The molecule has 1 aromatic carbocycles. The van der Waals surface area contributed by atoms with Crippen LogP contribution in [0.2, 0.25) is 0 Å². The van der Waals surface area contributed by atoms with Crippen LogP contribution in [0.3, 0.4) is 0 Å². The molecule has 0 aliphatic rings. The van der Waals surface area contributed by atoms with Crippen molar-refractivity contribution in [3.63, 3.8) is 0 Å². The first-order chi connectivity index (χ1) is 8.11. The van der Waals surface area contributed by atoms with Crippen molar-refractivity contribution in [3.8, 4) is 17.2 Å². The van der Waals surface area contributed by atoms with E-state index in [9.17, 15) is 4.79 Å². The Labute approximate surface area is 105 Å². The van der Waals surface area contributed by atoms with Crippen molar-refractivity contribution in [2.75, 3.05) is 7.11 Å². The molecular weight excluding hydrogens is 290 g/mol. The second-order valence-corrected chi connectivity index (χ2v) is 4.10. The molecule has 88 valence electrons. The molecule has 17 heavy (non-hydrogen) atoms. The molecule has 0 saturated heterocycles. The van der Waals surface area contributed by atoms with Crippen molar-refractivity contribution >= 4 is 21.9 Å². The van der Waals surface area contributed by atoms with Gasteiger partial charge in [-0.2, -0.15) is 0 Å². The number of ether oxygens (including phenoxy) is 1. The molecule has 1 heterocycles. The van der Waals surface area contributed by atoms with Crippen molar-refractivity contribution in [1.82, 2.24) is 4.98 Å². The van der Waals surface area contributed by atoms with Crippen LogP contribution in [0.5, 0.6) is 5.75 Å². The molecule has 0 spiro atoms. The standard InChI is InChI=1S/C11H8BrNO4/c1-16-9-4-6(12)2-3-7(9)10-13-8(5-17-10)11(14)15/h2-5H,1H3,(H,14,15). The molecule has 0 radical (unpaired) electrons. The zero-order valence-corrected chi connectivity index (χ0v) is 10.4. The predicted octanol–water partition coefficient (Wildman–Crippen LogP) is 2.81. The van der Waals surface area contributed by atoms with Gasteiger partial charge in [-0.1, -0.05) is 15.9 Å². The third-order valence-corrected chi connectivity index (χ3v) is 2.61. The number of carboxylic acid groups (broad SMARTS) is 1. The van der Waals surface area contributed by atoms with Gasteiger partial charge in [-0.3, -0.25) is 0 Å². The number of benzene rings is 1. The summed E-state index contributed by atoms with van der Waals surface area (Å²) < 4.78 is 11.1. The summed E-state index contributed by atoms with van der Waals surface area (Å²) in [5, 5.41) is 8.75. The quantitative estimate of drug-likeness (QED) is 0.943. The van der Waals surface area contributed by atoms with Crippen LogP contribution < -0.4 is 4.74 Å². The highest BCUT2D eigenvalue weighted by Crippen LogP contribution is 2.31. The van der Waals surface area contributed by atoms with E-state index in [4.69, 9.17) is 14.3 Å². The fourth-order valence-electron chi connectivity index (χ4n) is 1.34. The van der Waals surface area contributed by atoms with Crippen molar-refractivity contribution in [3.05, 3.63) is 34.6 Å². The molecule has 1 aromatic heterocycles. The summed E-state index contributed by atoms with van der Waals surface area (Å²) in [5.74, 6) is -0.360. The van der Waals surface area contributed by atoms with Gasteiger partial charge in [0.25, 0.3) is 0 Å². The second kappa shape index (κ2) is 4.58. The Morgan fingerprint density at radius 2 is 2.29 bits per heavy atom. The number of aromatic carboxylic acids is 1. The van der Waals surface area contributed by atoms with E-state index in [1.807, 2.05) is 0 Å². The van der Waals surface area contributed by atoms with E-state index in [1.165, 1.54) is 7.11 Å². The summed E-state index contributed by atoms with van der Waals surface area (Å²) >= 11 is 3.31. The first-order valence-corrected chi connectivity index (χ1v) is 5.44. The Hall–Kier alpha value is -1.82. The van der Waals surface area contributed by atoms with Gasteiger partial charge in [0.1, 0.15) is 12.0 Å². The summed E-state index contributed by atoms with van der Waals surface area (Å²) in [7, 11) is 1.52. The van der Waals surface area contributed by atoms with Crippen LogP contribution in [0, 0.1) is 0 Å². The van der Waals surface area contributed by atoms with Gasteiger partial charge in [0.05, 0.1) is 12.7 Å². The van der Waals surface area contributed by atoms with Gasteiger partial charge in [-0.15, -0.1) is 0 Å². The maximum absolute atomic E-state index is 10.7. The molecule has 1 N–H and O–H groups in total. The number of hydrogen-bond donors (Lipinski definition) is 1. The molecule has 0 fully saturated rings. The van der Waals surface area contributed by atoms with Crippen molar-refractivity contribution in [2.24, 2.45) is 0 Å². The van der Waals surface area contributed by atoms with Crippen molar-refractivity contribution < 1.29 is 19.1 Å². The molecule has 0 amide bonds. The lowest BCUT2D eigenvalue weighted by molar-refractivity contribution is 0.0690. The number of oxazole rings is 1. The predicted molar refractivity (Wildman–Crippen MR) is 63.2 cm³/mol. The van der Waals surface area contributed by atoms with Crippen molar-refractivity contribution in [2.45, 2.75) is 0 Å². The van der Waals surface area contributed by atoms with Crippen LogP contribution in [0.15, 0.2) is 33.4 Å². The molecule has 0 bridgehead atoms. The van der Waals surface area contributed by atoms with E-state index < -0.39 is 5.97 Å². The lowest BCUT2D eigenvalue weighted by Crippen LogP contribution is -1.96. The number of hydrogen-bond acceptors (Lipinski definition) is 4. The summed E-state index contributed by atoms with van der Waals surface area (Å²) in [4.78, 5) is 14.5. The van der Waals surface area contributed by atoms with E-state index in [0.29, 0.717) is 11.3 Å². The summed E-state index contributed by atoms with van der Waals surface area (Å²) in [6, 6.07) is 5.28. The minimum absolute atomic E-state index is 0.134. The Kier molecular flexibility index (Phi) is 3.14. The number of nitrogens with zero attached hydrogens (tertiary/aromatic N) is 1. The maximum Gasteiger partial charge on any atom is 0.357 e. The highest BCUT2D eigenvalue weighted by atomic mass is 79.9. The van der Waals surface area contributed by atoms with Gasteiger partial charge in [0, 0.05) is 4.47 Å². The summed E-state index contributed by atoms with van der Waals surface area (Å²) in [5.41, 5.74) is 0.466. The topological polar surface area (TPSA) is 72.6 Å². The maximum atomic E-state index is 10.7. The number of methoxy groups -OCH3 is 1. The number of rotatable bonds is 3. The highest BCUT2D eigenvalue weighted by molar-refractivity contribution is 9.10.